The Kier molecular flexibility index (Phi) is 7.15. The molecule has 108 valence electrons. The standard InChI is InChI=1S/C14H25N3O2/c1-4-6-7-8-9-10-11-17-12(3)13(15-16-17)14(18)19-5-2/h4-11H2,1-3H3. The van der Waals surface area contributed by atoms with Gasteiger partial charge in [-0.2, -0.15) is 0 Å². The lowest BCUT2D eigenvalue weighted by molar-refractivity contribution is 0.0518. The minimum Gasteiger partial charge on any atom is -0.461 e. The normalized spacial score (nSPS) is 10.7. The first-order chi connectivity index (χ1) is 9.20. The van der Waals surface area contributed by atoms with Gasteiger partial charge in [0.05, 0.1) is 12.3 Å². The average molecular weight is 267 g/mol. The summed E-state index contributed by atoms with van der Waals surface area (Å²) in [6.07, 6.45) is 7.44. The summed E-state index contributed by atoms with van der Waals surface area (Å²) >= 11 is 0. The zero-order valence-corrected chi connectivity index (χ0v) is 12.3. The van der Waals surface area contributed by atoms with E-state index in [1.54, 1.807) is 11.6 Å². The number of aromatic nitrogens is 3. The molecule has 19 heavy (non-hydrogen) atoms. The van der Waals surface area contributed by atoms with Gasteiger partial charge in [-0.1, -0.05) is 44.2 Å². The van der Waals surface area contributed by atoms with E-state index in [9.17, 15) is 4.79 Å². The number of carbonyl (C=O) groups excluding carboxylic acids is 1. The van der Waals surface area contributed by atoms with Crippen LogP contribution in [0.3, 0.4) is 0 Å². The van der Waals surface area contributed by atoms with Crippen molar-refractivity contribution in [2.75, 3.05) is 6.61 Å². The highest BCUT2D eigenvalue weighted by Gasteiger charge is 2.16. The Hall–Kier alpha value is -1.39. The second-order valence-corrected chi connectivity index (χ2v) is 4.73. The highest BCUT2D eigenvalue weighted by Crippen LogP contribution is 2.09. The average Bonchev–Trinajstić information content (AvgIpc) is 2.75. The second-order valence-electron chi connectivity index (χ2n) is 4.73. The third-order valence-corrected chi connectivity index (χ3v) is 3.17. The predicted octanol–water partition coefficient (Wildman–Crippen LogP) is 3.12. The van der Waals surface area contributed by atoms with Gasteiger partial charge in [0, 0.05) is 6.54 Å². The lowest BCUT2D eigenvalue weighted by atomic mass is 10.1. The minimum atomic E-state index is -0.380. The van der Waals surface area contributed by atoms with Gasteiger partial charge in [-0.3, -0.25) is 0 Å². The lowest BCUT2D eigenvalue weighted by Crippen LogP contribution is -2.08. The molecule has 0 aliphatic rings. The molecule has 0 aliphatic heterocycles. The summed E-state index contributed by atoms with van der Waals surface area (Å²) in [6.45, 7) is 7.06. The van der Waals surface area contributed by atoms with Gasteiger partial charge in [-0.05, 0) is 20.3 Å². The van der Waals surface area contributed by atoms with Crippen LogP contribution in [0.5, 0.6) is 0 Å². The second kappa shape index (κ2) is 8.67. The van der Waals surface area contributed by atoms with E-state index in [0.29, 0.717) is 12.3 Å². The Bertz CT molecular complexity index is 388. The van der Waals surface area contributed by atoms with E-state index in [1.807, 2.05) is 6.92 Å². The Morgan fingerprint density at radius 3 is 2.53 bits per heavy atom. The molecule has 0 unspecified atom stereocenters. The number of nitrogens with zero attached hydrogens (tertiary/aromatic N) is 3. The van der Waals surface area contributed by atoms with Crippen molar-refractivity contribution in [2.45, 2.75) is 65.8 Å². The largest absolute Gasteiger partial charge is 0.461 e. The molecular weight excluding hydrogens is 242 g/mol. The number of carbonyl (C=O) groups is 1. The lowest BCUT2D eigenvalue weighted by Gasteiger charge is -2.04. The van der Waals surface area contributed by atoms with E-state index in [0.717, 1.165) is 18.7 Å². The maximum Gasteiger partial charge on any atom is 0.360 e. The molecule has 0 spiro atoms. The molecule has 1 aromatic heterocycles. The molecule has 0 fully saturated rings. The molecule has 5 nitrogen and oxygen atoms in total. The van der Waals surface area contributed by atoms with Crippen LogP contribution in [-0.2, 0) is 11.3 Å². The third-order valence-electron chi connectivity index (χ3n) is 3.17. The first-order valence-electron chi connectivity index (χ1n) is 7.27. The number of ether oxygens (including phenoxy) is 1. The fraction of sp³-hybridized carbons (Fsp3) is 0.786. The number of hydrogen-bond acceptors (Lipinski definition) is 4. The van der Waals surface area contributed by atoms with Gasteiger partial charge >= 0.3 is 5.97 Å². The third kappa shape index (κ3) is 5.01. The summed E-state index contributed by atoms with van der Waals surface area (Å²) in [6, 6.07) is 0. The van der Waals surface area contributed by atoms with Crippen LogP contribution in [0.1, 0.15) is 68.6 Å². The maximum atomic E-state index is 11.6. The van der Waals surface area contributed by atoms with Crippen LogP contribution >= 0.6 is 0 Å². The highest BCUT2D eigenvalue weighted by atomic mass is 16.5. The predicted molar refractivity (Wildman–Crippen MR) is 74.1 cm³/mol. The van der Waals surface area contributed by atoms with Crippen molar-refractivity contribution in [1.29, 1.82) is 0 Å². The van der Waals surface area contributed by atoms with Crippen LogP contribution in [0.25, 0.3) is 0 Å². The Balaban J connectivity index is 2.37. The summed E-state index contributed by atoms with van der Waals surface area (Å²) in [7, 11) is 0. The molecule has 0 saturated carbocycles. The Labute approximate surface area is 115 Å². The van der Waals surface area contributed by atoms with Gasteiger partial charge < -0.3 is 4.74 Å². The van der Waals surface area contributed by atoms with Gasteiger partial charge in [-0.15, -0.1) is 5.10 Å². The van der Waals surface area contributed by atoms with Crippen molar-refractivity contribution in [1.82, 2.24) is 15.0 Å². The zero-order valence-electron chi connectivity index (χ0n) is 12.3. The zero-order chi connectivity index (χ0) is 14.1. The molecular formula is C14H25N3O2. The molecule has 0 aliphatic carbocycles. The molecule has 1 heterocycles. The first-order valence-corrected chi connectivity index (χ1v) is 7.27. The monoisotopic (exact) mass is 267 g/mol. The maximum absolute atomic E-state index is 11.6. The number of esters is 1. The van der Waals surface area contributed by atoms with E-state index >= 15 is 0 Å². The van der Waals surface area contributed by atoms with Crippen molar-refractivity contribution in [3.8, 4) is 0 Å². The molecule has 0 aromatic carbocycles. The van der Waals surface area contributed by atoms with Crippen LogP contribution in [0.4, 0.5) is 0 Å². The van der Waals surface area contributed by atoms with Gasteiger partial charge in [0.25, 0.3) is 0 Å². The number of unbranched alkanes of at least 4 members (excludes halogenated alkanes) is 5. The van der Waals surface area contributed by atoms with Crippen molar-refractivity contribution in [3.05, 3.63) is 11.4 Å². The summed E-state index contributed by atoms with van der Waals surface area (Å²) in [5.74, 6) is -0.380. The SMILES string of the molecule is CCCCCCCCn1nnc(C(=O)OCC)c1C. The van der Waals surface area contributed by atoms with Gasteiger partial charge in [0.2, 0.25) is 0 Å². The number of rotatable bonds is 9. The van der Waals surface area contributed by atoms with Crippen LogP contribution in [-0.4, -0.2) is 27.6 Å². The Morgan fingerprint density at radius 2 is 1.84 bits per heavy atom. The quantitative estimate of drug-likeness (QED) is 0.509. The molecule has 5 heteroatoms. The van der Waals surface area contributed by atoms with Gasteiger partial charge in [-0.25, -0.2) is 9.48 Å². The van der Waals surface area contributed by atoms with E-state index in [1.165, 1.54) is 32.1 Å². The molecule has 0 saturated heterocycles. The molecule has 0 atom stereocenters. The van der Waals surface area contributed by atoms with E-state index < -0.39 is 0 Å². The fourth-order valence-electron chi connectivity index (χ4n) is 2.00. The van der Waals surface area contributed by atoms with Crippen LogP contribution in [0.2, 0.25) is 0 Å². The van der Waals surface area contributed by atoms with Crippen LogP contribution in [0, 0.1) is 6.92 Å². The van der Waals surface area contributed by atoms with E-state index in [4.69, 9.17) is 4.74 Å². The number of aryl methyl sites for hydroxylation is 1. The summed E-state index contributed by atoms with van der Waals surface area (Å²) in [5.41, 5.74) is 1.14. The van der Waals surface area contributed by atoms with Crippen molar-refractivity contribution >= 4 is 5.97 Å². The molecule has 0 amide bonds. The minimum absolute atomic E-state index is 0.341. The molecule has 1 aromatic rings. The van der Waals surface area contributed by atoms with E-state index in [2.05, 4.69) is 17.2 Å². The molecule has 0 radical (unpaired) electrons. The van der Waals surface area contributed by atoms with Crippen molar-refractivity contribution < 1.29 is 9.53 Å². The van der Waals surface area contributed by atoms with Crippen molar-refractivity contribution in [2.24, 2.45) is 0 Å². The molecule has 1 rings (SSSR count). The first kappa shape index (κ1) is 15.7. The number of hydrogen-bond donors (Lipinski definition) is 0. The molecule has 0 bridgehead atoms. The summed E-state index contributed by atoms with van der Waals surface area (Å²) < 4.78 is 6.73. The van der Waals surface area contributed by atoms with Crippen LogP contribution in [0.15, 0.2) is 0 Å². The topological polar surface area (TPSA) is 57.0 Å². The fourth-order valence-corrected chi connectivity index (χ4v) is 2.00. The summed E-state index contributed by atoms with van der Waals surface area (Å²) in [4.78, 5) is 11.6. The summed E-state index contributed by atoms with van der Waals surface area (Å²) in [5, 5.41) is 7.92. The van der Waals surface area contributed by atoms with E-state index in [-0.39, 0.29) is 5.97 Å². The van der Waals surface area contributed by atoms with Gasteiger partial charge in [0.15, 0.2) is 5.69 Å². The highest BCUT2D eigenvalue weighted by molar-refractivity contribution is 5.88. The van der Waals surface area contributed by atoms with Crippen LogP contribution < -0.4 is 0 Å². The Morgan fingerprint density at radius 1 is 1.16 bits per heavy atom. The smallest absolute Gasteiger partial charge is 0.360 e. The molecule has 0 N–H and O–H groups in total. The van der Waals surface area contributed by atoms with Gasteiger partial charge in [0.1, 0.15) is 0 Å². The van der Waals surface area contributed by atoms with Crippen molar-refractivity contribution in [3.63, 3.8) is 0 Å².